The molecule has 0 unspecified atom stereocenters. The van der Waals surface area contributed by atoms with E-state index in [-0.39, 0.29) is 29.8 Å². The van der Waals surface area contributed by atoms with Crippen molar-refractivity contribution < 1.29 is 33.4 Å². The van der Waals surface area contributed by atoms with E-state index in [2.05, 4.69) is 59.7 Å². The van der Waals surface area contributed by atoms with Crippen molar-refractivity contribution in [1.82, 2.24) is 35.7 Å². The van der Waals surface area contributed by atoms with Gasteiger partial charge in [-0.3, -0.25) is 14.4 Å². The van der Waals surface area contributed by atoms with Gasteiger partial charge in [0, 0.05) is 36.8 Å². The molecule has 0 radical (unpaired) electrons. The van der Waals surface area contributed by atoms with Gasteiger partial charge in [-0.25, -0.2) is 14.6 Å². The van der Waals surface area contributed by atoms with Gasteiger partial charge in [-0.05, 0) is 85.7 Å². The summed E-state index contributed by atoms with van der Waals surface area (Å²) in [6.45, 7) is 4.74. The highest BCUT2D eigenvalue weighted by molar-refractivity contribution is 5.95. The number of carbonyl (C=O) groups is 5. The molecule has 2 aliphatic heterocycles. The van der Waals surface area contributed by atoms with Gasteiger partial charge in [-0.1, -0.05) is 36.4 Å². The van der Waals surface area contributed by atoms with Crippen LogP contribution in [0.4, 0.5) is 9.59 Å². The molecule has 0 bridgehead atoms. The van der Waals surface area contributed by atoms with Crippen molar-refractivity contribution in [3.63, 3.8) is 0 Å². The molecular weight excluding hydrogens is 678 g/mol. The maximum Gasteiger partial charge on any atom is 0.407 e. The van der Waals surface area contributed by atoms with Crippen LogP contribution in [0.15, 0.2) is 66.9 Å². The third-order valence-electron chi connectivity index (χ3n) is 10.0. The number of rotatable bonds is 10. The Bertz CT molecular complexity index is 2000. The summed E-state index contributed by atoms with van der Waals surface area (Å²) in [7, 11) is 2.51. The van der Waals surface area contributed by atoms with E-state index in [1.807, 2.05) is 24.3 Å². The lowest BCUT2D eigenvalue weighted by atomic mass is 9.98. The van der Waals surface area contributed by atoms with Crippen LogP contribution in [0.1, 0.15) is 61.8 Å². The van der Waals surface area contributed by atoms with Crippen LogP contribution in [0.5, 0.6) is 0 Å². The summed E-state index contributed by atoms with van der Waals surface area (Å²) < 4.78 is 9.24. The smallest absolute Gasteiger partial charge is 0.407 e. The number of methoxy groups -OCH3 is 2. The van der Waals surface area contributed by atoms with E-state index < -0.39 is 24.3 Å². The number of aromatic nitrogens is 2. The fourth-order valence-corrected chi connectivity index (χ4v) is 7.12. The maximum absolute atomic E-state index is 13.1. The highest BCUT2D eigenvalue weighted by Crippen LogP contribution is 2.33. The van der Waals surface area contributed by atoms with E-state index in [1.165, 1.54) is 14.2 Å². The largest absolute Gasteiger partial charge is 0.453 e. The number of fused-ring (bicyclic) bond motifs is 1. The van der Waals surface area contributed by atoms with Gasteiger partial charge < -0.3 is 40.2 Å². The third-order valence-corrected chi connectivity index (χ3v) is 10.0. The molecule has 2 fully saturated rings. The average Bonchev–Trinajstić information content (AvgIpc) is 3.97. The topological polar surface area (TPSA) is 175 Å². The van der Waals surface area contributed by atoms with Crippen LogP contribution >= 0.6 is 0 Å². The van der Waals surface area contributed by atoms with Gasteiger partial charge in [0.2, 0.25) is 11.8 Å². The molecule has 3 aromatic carbocycles. The summed E-state index contributed by atoms with van der Waals surface area (Å²) in [6.07, 6.45) is 3.68. The molecule has 1 aromatic heterocycles. The second kappa shape index (κ2) is 16.2. The van der Waals surface area contributed by atoms with Crippen LogP contribution in [0.25, 0.3) is 33.2 Å². The second-order valence-electron chi connectivity index (χ2n) is 13.5. The van der Waals surface area contributed by atoms with Gasteiger partial charge in [0.15, 0.2) is 0 Å². The molecule has 14 nitrogen and oxygen atoms in total. The minimum absolute atomic E-state index is 0.151. The van der Waals surface area contributed by atoms with E-state index >= 15 is 0 Å². The number of likely N-dealkylation sites (tertiary alicyclic amines) is 2. The molecule has 2 saturated heterocycles. The van der Waals surface area contributed by atoms with E-state index in [0.29, 0.717) is 31.0 Å². The number of nitrogens with zero attached hydrogens (tertiary/aromatic N) is 3. The number of imidazole rings is 1. The summed E-state index contributed by atoms with van der Waals surface area (Å²) in [6, 6.07) is 18.0. The fourth-order valence-electron chi connectivity index (χ4n) is 7.12. The van der Waals surface area contributed by atoms with Crippen molar-refractivity contribution in [3.05, 3.63) is 78.2 Å². The zero-order valence-electron chi connectivity index (χ0n) is 30.3. The molecule has 4 atom stereocenters. The van der Waals surface area contributed by atoms with Gasteiger partial charge in [0.25, 0.3) is 5.91 Å². The number of benzene rings is 3. The molecule has 0 saturated carbocycles. The first kappa shape index (κ1) is 36.9. The molecule has 6 rings (SSSR count). The number of carbonyl (C=O) groups excluding carboxylic acids is 5. The highest BCUT2D eigenvalue weighted by Gasteiger charge is 2.35. The molecule has 0 spiro atoms. The molecular formula is C39H45N7O7. The third kappa shape index (κ3) is 8.27. The lowest BCUT2D eigenvalue weighted by Gasteiger charge is -2.27. The standard InChI is InChI=1S/C39H45N7O7/c1-23(42-38(50)52-3)36(48)45-17-5-7-31(45)21-41-35(47)26-11-9-25(10-12-26)27-13-14-29-20-30(16-15-28(29)19-27)32-22-40-34(44-32)33-8-6-18-46(33)37(49)24(2)43-39(51)53-4/h9-16,19-20,22-24,31,33H,5-8,17-18,21H2,1-4H3,(H,40,44)(H,41,47)(H,42,50)(H,43,51)/t23-,24-,31-,33-/m0/s1. The Hall–Kier alpha value is -5.92. The van der Waals surface area contributed by atoms with Crippen molar-refractivity contribution in [1.29, 1.82) is 0 Å². The Morgan fingerprint density at radius 1 is 0.774 bits per heavy atom. The molecule has 278 valence electrons. The number of amides is 5. The van der Waals surface area contributed by atoms with E-state index in [0.717, 1.165) is 58.8 Å². The normalized spacial score (nSPS) is 18.0. The van der Waals surface area contributed by atoms with E-state index in [1.54, 1.807) is 42.0 Å². The first-order valence-electron chi connectivity index (χ1n) is 17.8. The molecule has 3 heterocycles. The van der Waals surface area contributed by atoms with Crippen molar-refractivity contribution in [2.45, 2.75) is 63.7 Å². The zero-order valence-corrected chi connectivity index (χ0v) is 30.3. The Labute approximate surface area is 307 Å². The summed E-state index contributed by atoms with van der Waals surface area (Å²) >= 11 is 0. The van der Waals surface area contributed by atoms with Gasteiger partial charge in [0.05, 0.1) is 32.2 Å². The van der Waals surface area contributed by atoms with Crippen molar-refractivity contribution >= 4 is 40.7 Å². The highest BCUT2D eigenvalue weighted by atomic mass is 16.5. The molecule has 5 amide bonds. The summed E-state index contributed by atoms with van der Waals surface area (Å²) in [5.41, 5.74) is 4.31. The zero-order chi connectivity index (χ0) is 37.6. The number of alkyl carbamates (subject to hydrolysis) is 2. The molecule has 2 aliphatic rings. The Balaban J connectivity index is 1.07. The number of aromatic amines is 1. The molecule has 14 heteroatoms. The second-order valence-corrected chi connectivity index (χ2v) is 13.5. The quantitative estimate of drug-likeness (QED) is 0.181. The number of ether oxygens (including phenoxy) is 2. The molecule has 4 aromatic rings. The minimum atomic E-state index is -0.726. The van der Waals surface area contributed by atoms with E-state index in [4.69, 9.17) is 0 Å². The SMILES string of the molecule is COC(=O)N[C@@H](C)C(=O)N1CCC[C@H]1CNC(=O)c1ccc(-c2ccc3cc(-c4cnc([C@@H]5CCCN5C(=O)[C@H](C)NC(=O)OC)[nH]4)ccc3c2)cc1. The lowest BCUT2D eigenvalue weighted by Crippen LogP contribution is -2.51. The molecule has 4 N–H and O–H groups in total. The van der Waals surface area contributed by atoms with Gasteiger partial charge in [-0.15, -0.1) is 0 Å². The van der Waals surface area contributed by atoms with Crippen LogP contribution in [0.2, 0.25) is 0 Å². The predicted molar refractivity (Wildman–Crippen MR) is 198 cm³/mol. The molecule has 53 heavy (non-hydrogen) atoms. The lowest BCUT2D eigenvalue weighted by molar-refractivity contribution is -0.134. The van der Waals surface area contributed by atoms with Crippen LogP contribution in [-0.2, 0) is 19.1 Å². The summed E-state index contributed by atoms with van der Waals surface area (Å²) in [5, 5.41) is 10.1. The van der Waals surface area contributed by atoms with Gasteiger partial charge in [0.1, 0.15) is 17.9 Å². The summed E-state index contributed by atoms with van der Waals surface area (Å²) in [4.78, 5) is 73.7. The van der Waals surface area contributed by atoms with Gasteiger partial charge in [-0.2, -0.15) is 0 Å². The number of hydrogen-bond donors (Lipinski definition) is 4. The average molecular weight is 724 g/mol. The van der Waals surface area contributed by atoms with Crippen LogP contribution in [-0.4, -0.2) is 102 Å². The monoisotopic (exact) mass is 723 g/mol. The fraction of sp³-hybridized carbons (Fsp3) is 0.385. The first-order valence-corrected chi connectivity index (χ1v) is 17.8. The number of hydrogen-bond acceptors (Lipinski definition) is 8. The number of nitrogens with one attached hydrogen (secondary N) is 4. The predicted octanol–water partition coefficient (Wildman–Crippen LogP) is 4.77. The van der Waals surface area contributed by atoms with Gasteiger partial charge >= 0.3 is 12.2 Å². The Morgan fingerprint density at radius 3 is 2.00 bits per heavy atom. The first-order chi connectivity index (χ1) is 25.6. The summed E-state index contributed by atoms with van der Waals surface area (Å²) in [5.74, 6) is 0.0993. The van der Waals surface area contributed by atoms with Crippen LogP contribution in [0.3, 0.4) is 0 Å². The minimum Gasteiger partial charge on any atom is -0.453 e. The number of H-pyrrole nitrogens is 1. The van der Waals surface area contributed by atoms with Crippen molar-refractivity contribution in [2.75, 3.05) is 33.9 Å². The van der Waals surface area contributed by atoms with E-state index in [9.17, 15) is 24.0 Å². The van der Waals surface area contributed by atoms with Crippen LogP contribution < -0.4 is 16.0 Å². The van der Waals surface area contributed by atoms with Crippen molar-refractivity contribution in [3.8, 4) is 22.4 Å². The molecule has 0 aliphatic carbocycles. The Kier molecular flexibility index (Phi) is 11.3. The van der Waals surface area contributed by atoms with Crippen LogP contribution in [0, 0.1) is 0 Å². The maximum atomic E-state index is 13.1. The van der Waals surface area contributed by atoms with Crippen molar-refractivity contribution in [2.24, 2.45) is 0 Å². The Morgan fingerprint density at radius 2 is 1.34 bits per heavy atom.